The van der Waals surface area contributed by atoms with Gasteiger partial charge < -0.3 is 19.7 Å². The molecule has 0 atom stereocenters. The zero-order chi connectivity index (χ0) is 15.5. The lowest BCUT2D eigenvalue weighted by atomic mass is 10.0. The number of quaternary nitrogens is 1. The first kappa shape index (κ1) is 14.3. The number of para-hydroxylation sites is 1. The molecule has 120 valence electrons. The molecule has 2 aromatic rings. The zero-order valence-electron chi connectivity index (χ0n) is 13.1. The first-order chi connectivity index (χ1) is 11.4. The van der Waals surface area contributed by atoms with Gasteiger partial charge in [0.15, 0.2) is 11.5 Å². The number of anilines is 1. The van der Waals surface area contributed by atoms with Crippen molar-refractivity contribution in [3.05, 3.63) is 48.2 Å². The highest BCUT2D eigenvalue weighted by Crippen LogP contribution is 2.34. The van der Waals surface area contributed by atoms with E-state index in [-0.39, 0.29) is 0 Å². The maximum absolute atomic E-state index is 5.59. The van der Waals surface area contributed by atoms with Crippen molar-refractivity contribution in [2.75, 3.05) is 24.8 Å². The third-order valence-electron chi connectivity index (χ3n) is 4.66. The smallest absolute Gasteiger partial charge is 0.231 e. The summed E-state index contributed by atoms with van der Waals surface area (Å²) in [6, 6.07) is 12.9. The van der Waals surface area contributed by atoms with Crippen LogP contribution in [0.25, 0.3) is 0 Å². The Balaban J connectivity index is 1.31. The maximum atomic E-state index is 5.59. The highest BCUT2D eigenvalue weighted by molar-refractivity contribution is 5.47. The molecule has 0 spiro atoms. The molecule has 5 nitrogen and oxygen atoms in total. The normalized spacial score (nSPS) is 17.5. The number of piperidine rings is 1. The Hall–Kier alpha value is -2.27. The predicted molar refractivity (Wildman–Crippen MR) is 87.7 cm³/mol. The van der Waals surface area contributed by atoms with E-state index in [2.05, 4.69) is 33.4 Å². The molecule has 5 heteroatoms. The number of nitrogens with two attached hydrogens (primary N) is 1. The number of aromatic nitrogens is 1. The molecule has 1 aromatic heterocycles. The van der Waals surface area contributed by atoms with Crippen LogP contribution in [0.15, 0.2) is 42.6 Å². The number of fused-ring (bicyclic) bond motifs is 1. The Labute approximate surface area is 136 Å². The molecule has 1 aromatic carbocycles. The van der Waals surface area contributed by atoms with Crippen molar-refractivity contribution in [2.45, 2.75) is 25.4 Å². The number of rotatable bonds is 4. The van der Waals surface area contributed by atoms with Gasteiger partial charge in [-0.1, -0.05) is 12.1 Å². The number of hydrogen-bond acceptors (Lipinski definition) is 4. The summed E-state index contributed by atoms with van der Waals surface area (Å²) in [5, 5.41) is 2.44. The Morgan fingerprint density at radius 1 is 1.09 bits per heavy atom. The summed E-state index contributed by atoms with van der Waals surface area (Å²) in [6.45, 7) is 3.44. The zero-order valence-corrected chi connectivity index (χ0v) is 13.1. The van der Waals surface area contributed by atoms with Gasteiger partial charge in [-0.15, -0.1) is 0 Å². The highest BCUT2D eigenvalue weighted by atomic mass is 16.7. The van der Waals surface area contributed by atoms with Crippen LogP contribution in [-0.4, -0.2) is 30.9 Å². The van der Waals surface area contributed by atoms with Crippen molar-refractivity contribution in [1.29, 1.82) is 0 Å². The standard InChI is InChI=1S/C18H21N3O2/c1-2-9-19-17(6-1)21-10-7-15(8-11-21)20-12-14-4-3-5-16-18(14)23-13-22-16/h1-6,9,15,20H,7-8,10-13H2/p+1. The van der Waals surface area contributed by atoms with Crippen LogP contribution in [0.3, 0.4) is 0 Å². The Bertz CT molecular complexity index is 655. The summed E-state index contributed by atoms with van der Waals surface area (Å²) in [5.74, 6) is 2.90. The first-order valence-corrected chi connectivity index (χ1v) is 8.27. The van der Waals surface area contributed by atoms with Gasteiger partial charge in [-0.3, -0.25) is 0 Å². The lowest BCUT2D eigenvalue weighted by Gasteiger charge is -2.31. The van der Waals surface area contributed by atoms with Crippen LogP contribution < -0.4 is 19.7 Å². The molecule has 1 fully saturated rings. The number of benzene rings is 1. The van der Waals surface area contributed by atoms with Crippen LogP contribution in [0.4, 0.5) is 5.82 Å². The molecular weight excluding hydrogens is 290 g/mol. The molecule has 0 bridgehead atoms. The van der Waals surface area contributed by atoms with Gasteiger partial charge in [0.2, 0.25) is 6.79 Å². The van der Waals surface area contributed by atoms with Crippen LogP contribution in [0.1, 0.15) is 18.4 Å². The van der Waals surface area contributed by atoms with E-state index in [1.54, 1.807) is 0 Å². The highest BCUT2D eigenvalue weighted by Gasteiger charge is 2.24. The fourth-order valence-corrected chi connectivity index (χ4v) is 3.35. The molecule has 1 saturated heterocycles. The average molecular weight is 312 g/mol. The minimum absolute atomic E-state index is 0.342. The molecule has 2 aliphatic rings. The van der Waals surface area contributed by atoms with Gasteiger partial charge in [-0.05, 0) is 24.3 Å². The average Bonchev–Trinajstić information content (AvgIpc) is 3.10. The number of ether oxygens (including phenoxy) is 2. The third kappa shape index (κ3) is 3.10. The summed E-state index contributed by atoms with van der Waals surface area (Å²) in [6.07, 6.45) is 4.23. The molecule has 2 N–H and O–H groups in total. The van der Waals surface area contributed by atoms with Gasteiger partial charge in [0.05, 0.1) is 11.6 Å². The van der Waals surface area contributed by atoms with Crippen molar-refractivity contribution in [1.82, 2.24) is 4.98 Å². The lowest BCUT2D eigenvalue weighted by Crippen LogP contribution is -2.89. The van der Waals surface area contributed by atoms with E-state index in [4.69, 9.17) is 9.47 Å². The van der Waals surface area contributed by atoms with Crippen molar-refractivity contribution in [2.24, 2.45) is 0 Å². The van der Waals surface area contributed by atoms with E-state index in [0.29, 0.717) is 12.8 Å². The summed E-state index contributed by atoms with van der Waals surface area (Å²) >= 11 is 0. The molecule has 0 amide bonds. The van der Waals surface area contributed by atoms with Gasteiger partial charge in [-0.25, -0.2) is 4.98 Å². The third-order valence-corrected chi connectivity index (χ3v) is 4.66. The summed E-state index contributed by atoms with van der Waals surface area (Å²) < 4.78 is 11.0. The molecule has 23 heavy (non-hydrogen) atoms. The van der Waals surface area contributed by atoms with E-state index in [0.717, 1.165) is 37.0 Å². The molecule has 2 aliphatic heterocycles. The van der Waals surface area contributed by atoms with Crippen LogP contribution in [0, 0.1) is 0 Å². The monoisotopic (exact) mass is 312 g/mol. The first-order valence-electron chi connectivity index (χ1n) is 8.27. The van der Waals surface area contributed by atoms with E-state index in [9.17, 15) is 0 Å². The van der Waals surface area contributed by atoms with Crippen molar-refractivity contribution >= 4 is 5.82 Å². The summed E-state index contributed by atoms with van der Waals surface area (Å²) in [5.41, 5.74) is 1.23. The second kappa shape index (κ2) is 6.46. The number of nitrogens with zero attached hydrogens (tertiary/aromatic N) is 2. The number of hydrogen-bond donors (Lipinski definition) is 1. The van der Waals surface area contributed by atoms with Crippen molar-refractivity contribution < 1.29 is 14.8 Å². The van der Waals surface area contributed by atoms with Gasteiger partial charge in [0, 0.05) is 32.1 Å². The fourth-order valence-electron chi connectivity index (χ4n) is 3.35. The van der Waals surface area contributed by atoms with Crippen LogP contribution in [-0.2, 0) is 6.54 Å². The van der Waals surface area contributed by atoms with Crippen molar-refractivity contribution in [3.8, 4) is 11.5 Å². The van der Waals surface area contributed by atoms with Crippen LogP contribution in [0.2, 0.25) is 0 Å². The molecule has 0 saturated carbocycles. The molecule has 0 radical (unpaired) electrons. The van der Waals surface area contributed by atoms with E-state index >= 15 is 0 Å². The van der Waals surface area contributed by atoms with E-state index in [1.807, 2.05) is 24.4 Å². The van der Waals surface area contributed by atoms with E-state index in [1.165, 1.54) is 18.4 Å². The number of pyridine rings is 1. The minimum Gasteiger partial charge on any atom is -0.454 e. The molecule has 0 aliphatic carbocycles. The van der Waals surface area contributed by atoms with Crippen molar-refractivity contribution in [3.63, 3.8) is 0 Å². The largest absolute Gasteiger partial charge is 0.454 e. The predicted octanol–water partition coefficient (Wildman–Crippen LogP) is 1.54. The maximum Gasteiger partial charge on any atom is 0.231 e. The van der Waals surface area contributed by atoms with Gasteiger partial charge in [0.1, 0.15) is 12.4 Å². The topological polar surface area (TPSA) is 51.2 Å². The Kier molecular flexibility index (Phi) is 4.03. The molecule has 4 rings (SSSR count). The second-order valence-corrected chi connectivity index (χ2v) is 6.10. The van der Waals surface area contributed by atoms with E-state index < -0.39 is 0 Å². The SMILES string of the molecule is c1ccc(N2CCC([NH2+]Cc3cccc4c3OCO4)CC2)nc1. The molecule has 3 heterocycles. The minimum atomic E-state index is 0.342. The lowest BCUT2D eigenvalue weighted by molar-refractivity contribution is -0.705. The second-order valence-electron chi connectivity index (χ2n) is 6.10. The van der Waals surface area contributed by atoms with Crippen LogP contribution in [0.5, 0.6) is 11.5 Å². The Morgan fingerprint density at radius 3 is 2.83 bits per heavy atom. The fraction of sp³-hybridized carbons (Fsp3) is 0.389. The van der Waals surface area contributed by atoms with Gasteiger partial charge >= 0.3 is 0 Å². The summed E-state index contributed by atoms with van der Waals surface area (Å²) in [4.78, 5) is 6.82. The molecule has 0 unspecified atom stereocenters. The van der Waals surface area contributed by atoms with Crippen LogP contribution >= 0.6 is 0 Å². The van der Waals surface area contributed by atoms with Gasteiger partial charge in [-0.2, -0.15) is 0 Å². The quantitative estimate of drug-likeness (QED) is 0.930. The van der Waals surface area contributed by atoms with Gasteiger partial charge in [0.25, 0.3) is 0 Å². The summed E-state index contributed by atoms with van der Waals surface area (Å²) in [7, 11) is 0. The Morgan fingerprint density at radius 2 is 2.00 bits per heavy atom. The molecular formula is C18H22N3O2+.